The summed E-state index contributed by atoms with van der Waals surface area (Å²) in [6, 6.07) is 12.2. The molecule has 2 aromatic rings. The first-order valence-electron chi connectivity index (χ1n) is 5.47. The number of nitrogens with two attached hydrogens (primary N) is 1. The third-order valence-electron chi connectivity index (χ3n) is 2.49. The van der Waals surface area contributed by atoms with Gasteiger partial charge in [-0.15, -0.1) is 0 Å². The quantitative estimate of drug-likeness (QED) is 0.501. The lowest BCUT2D eigenvalue weighted by atomic mass is 10.2. The van der Waals surface area contributed by atoms with Crippen molar-refractivity contribution in [1.29, 1.82) is 0 Å². The fraction of sp³-hybridized carbons (Fsp3) is 0. The Morgan fingerprint density at radius 3 is 2.47 bits per heavy atom. The number of rotatable bonds is 3. The minimum Gasteiger partial charge on any atom is -0.399 e. The van der Waals surface area contributed by atoms with Gasteiger partial charge in [0.05, 0.1) is 4.92 Å². The van der Waals surface area contributed by atoms with Gasteiger partial charge in [0.1, 0.15) is 0 Å². The van der Waals surface area contributed by atoms with Crippen LogP contribution in [0.3, 0.4) is 0 Å². The highest BCUT2D eigenvalue weighted by atomic mass is 16.6. The Kier molecular flexibility index (Phi) is 3.42. The fourth-order valence-corrected chi connectivity index (χ4v) is 1.53. The van der Waals surface area contributed by atoms with Crippen LogP contribution in [0.15, 0.2) is 48.5 Å². The van der Waals surface area contributed by atoms with Crippen molar-refractivity contribution in [1.82, 2.24) is 0 Å². The molecule has 2 aromatic carbocycles. The zero-order chi connectivity index (χ0) is 13.8. The summed E-state index contributed by atoms with van der Waals surface area (Å²) in [6.45, 7) is 0. The number of nitrogens with zero attached hydrogens (tertiary/aromatic N) is 1. The van der Waals surface area contributed by atoms with Gasteiger partial charge in [0, 0.05) is 29.1 Å². The Hall–Kier alpha value is -2.89. The SMILES string of the molecule is Nc1ccc(NC(=O)c2cccc([N+](=O)[O-])c2)cc1. The topological polar surface area (TPSA) is 98.3 Å². The predicted molar refractivity (Wildman–Crippen MR) is 71.9 cm³/mol. The molecule has 0 aliphatic heterocycles. The normalized spacial score (nSPS) is 9.89. The van der Waals surface area contributed by atoms with Gasteiger partial charge in [-0.2, -0.15) is 0 Å². The van der Waals surface area contributed by atoms with Crippen LogP contribution in [0.2, 0.25) is 0 Å². The van der Waals surface area contributed by atoms with Gasteiger partial charge in [-0.25, -0.2) is 0 Å². The summed E-state index contributed by atoms with van der Waals surface area (Å²) in [5, 5.41) is 13.3. The van der Waals surface area contributed by atoms with E-state index in [1.165, 1.54) is 24.3 Å². The van der Waals surface area contributed by atoms with Crippen LogP contribution in [0.1, 0.15) is 10.4 Å². The number of nitrogen functional groups attached to an aromatic ring is 1. The van der Waals surface area contributed by atoms with Crippen molar-refractivity contribution in [3.8, 4) is 0 Å². The minimum atomic E-state index is -0.542. The maximum atomic E-state index is 11.9. The van der Waals surface area contributed by atoms with Crippen molar-refractivity contribution in [2.75, 3.05) is 11.1 Å². The number of nitro benzene ring substituents is 1. The second kappa shape index (κ2) is 5.18. The first kappa shape index (κ1) is 12.6. The zero-order valence-electron chi connectivity index (χ0n) is 9.87. The molecule has 0 unspecified atom stereocenters. The summed E-state index contributed by atoms with van der Waals surface area (Å²) in [6.07, 6.45) is 0. The Morgan fingerprint density at radius 1 is 1.16 bits per heavy atom. The molecule has 2 rings (SSSR count). The third-order valence-corrected chi connectivity index (χ3v) is 2.49. The maximum absolute atomic E-state index is 11.9. The van der Waals surface area contributed by atoms with E-state index in [0.29, 0.717) is 11.4 Å². The highest BCUT2D eigenvalue weighted by Crippen LogP contribution is 2.16. The average molecular weight is 257 g/mol. The lowest BCUT2D eigenvalue weighted by Gasteiger charge is -2.05. The summed E-state index contributed by atoms with van der Waals surface area (Å²) in [5.41, 5.74) is 6.81. The van der Waals surface area contributed by atoms with Gasteiger partial charge in [-0.1, -0.05) is 6.07 Å². The van der Waals surface area contributed by atoms with Gasteiger partial charge >= 0.3 is 0 Å². The molecule has 0 spiro atoms. The standard InChI is InChI=1S/C13H11N3O3/c14-10-4-6-11(7-5-10)15-13(17)9-2-1-3-12(8-9)16(18)19/h1-8H,14H2,(H,15,17). The van der Waals surface area contributed by atoms with Crippen molar-refractivity contribution in [2.45, 2.75) is 0 Å². The smallest absolute Gasteiger partial charge is 0.270 e. The van der Waals surface area contributed by atoms with Crippen LogP contribution in [0.5, 0.6) is 0 Å². The first-order chi connectivity index (χ1) is 9.06. The third kappa shape index (κ3) is 3.06. The van der Waals surface area contributed by atoms with Gasteiger partial charge in [-0.3, -0.25) is 14.9 Å². The molecule has 0 aliphatic carbocycles. The molecule has 3 N–H and O–H groups in total. The number of anilines is 2. The monoisotopic (exact) mass is 257 g/mol. The summed E-state index contributed by atoms with van der Waals surface area (Å²) in [4.78, 5) is 22.0. The van der Waals surface area contributed by atoms with Gasteiger partial charge in [-0.05, 0) is 30.3 Å². The van der Waals surface area contributed by atoms with E-state index in [4.69, 9.17) is 5.73 Å². The second-order valence-corrected chi connectivity index (χ2v) is 3.88. The van der Waals surface area contributed by atoms with Crippen LogP contribution in [0.25, 0.3) is 0 Å². The van der Waals surface area contributed by atoms with Crippen LogP contribution >= 0.6 is 0 Å². The molecular weight excluding hydrogens is 246 g/mol. The zero-order valence-corrected chi connectivity index (χ0v) is 9.87. The molecule has 6 heteroatoms. The van der Waals surface area contributed by atoms with Crippen LogP contribution in [0.4, 0.5) is 17.1 Å². The summed E-state index contributed by atoms with van der Waals surface area (Å²) < 4.78 is 0. The van der Waals surface area contributed by atoms with E-state index in [1.54, 1.807) is 24.3 Å². The Balaban J connectivity index is 2.18. The van der Waals surface area contributed by atoms with E-state index in [0.717, 1.165) is 0 Å². The molecule has 0 saturated carbocycles. The molecular formula is C13H11N3O3. The van der Waals surface area contributed by atoms with Crippen molar-refractivity contribution in [3.05, 3.63) is 64.2 Å². The van der Waals surface area contributed by atoms with Gasteiger partial charge in [0.15, 0.2) is 0 Å². The van der Waals surface area contributed by atoms with Gasteiger partial charge in [0.2, 0.25) is 0 Å². The van der Waals surface area contributed by atoms with Crippen LogP contribution in [-0.4, -0.2) is 10.8 Å². The molecule has 1 amide bonds. The highest BCUT2D eigenvalue weighted by molar-refractivity contribution is 6.04. The second-order valence-electron chi connectivity index (χ2n) is 3.88. The molecule has 0 aromatic heterocycles. The minimum absolute atomic E-state index is 0.120. The van der Waals surface area contributed by atoms with Crippen LogP contribution in [-0.2, 0) is 0 Å². The lowest BCUT2D eigenvalue weighted by molar-refractivity contribution is -0.384. The average Bonchev–Trinajstić information content (AvgIpc) is 2.41. The molecule has 0 heterocycles. The van der Waals surface area contributed by atoms with Crippen molar-refractivity contribution in [3.63, 3.8) is 0 Å². The maximum Gasteiger partial charge on any atom is 0.270 e. The summed E-state index contributed by atoms with van der Waals surface area (Å²) in [7, 11) is 0. The van der Waals surface area contributed by atoms with Crippen molar-refractivity contribution in [2.24, 2.45) is 0 Å². The Labute approximate surface area is 109 Å². The number of carbonyl (C=O) groups is 1. The lowest BCUT2D eigenvalue weighted by Crippen LogP contribution is -2.12. The molecule has 0 fully saturated rings. The number of hydrogen-bond donors (Lipinski definition) is 2. The number of nitro groups is 1. The summed E-state index contributed by atoms with van der Waals surface area (Å²) in [5.74, 6) is -0.409. The number of carbonyl (C=O) groups excluding carboxylic acids is 1. The highest BCUT2D eigenvalue weighted by Gasteiger charge is 2.11. The van der Waals surface area contributed by atoms with E-state index >= 15 is 0 Å². The van der Waals surface area contributed by atoms with E-state index < -0.39 is 10.8 Å². The van der Waals surface area contributed by atoms with Crippen LogP contribution < -0.4 is 11.1 Å². The number of amides is 1. The van der Waals surface area contributed by atoms with Crippen molar-refractivity contribution >= 4 is 23.0 Å². The van der Waals surface area contributed by atoms with Crippen LogP contribution in [0, 0.1) is 10.1 Å². The molecule has 96 valence electrons. The van der Waals surface area contributed by atoms with Crippen molar-refractivity contribution < 1.29 is 9.72 Å². The number of nitrogens with one attached hydrogen (secondary N) is 1. The van der Waals surface area contributed by atoms with E-state index in [9.17, 15) is 14.9 Å². The largest absolute Gasteiger partial charge is 0.399 e. The van der Waals surface area contributed by atoms with E-state index in [2.05, 4.69) is 5.32 Å². The number of non-ortho nitro benzene ring substituents is 1. The van der Waals surface area contributed by atoms with E-state index in [-0.39, 0.29) is 11.3 Å². The van der Waals surface area contributed by atoms with E-state index in [1.807, 2.05) is 0 Å². The first-order valence-corrected chi connectivity index (χ1v) is 5.47. The Morgan fingerprint density at radius 2 is 1.84 bits per heavy atom. The molecule has 0 aliphatic rings. The summed E-state index contributed by atoms with van der Waals surface area (Å²) >= 11 is 0. The molecule has 6 nitrogen and oxygen atoms in total. The Bertz CT molecular complexity index is 623. The fourth-order valence-electron chi connectivity index (χ4n) is 1.53. The van der Waals surface area contributed by atoms with Gasteiger partial charge in [0.25, 0.3) is 11.6 Å². The number of hydrogen-bond acceptors (Lipinski definition) is 4. The molecule has 0 bridgehead atoms. The molecule has 0 radical (unpaired) electrons. The molecule has 19 heavy (non-hydrogen) atoms. The van der Waals surface area contributed by atoms with Gasteiger partial charge < -0.3 is 11.1 Å². The number of benzene rings is 2. The molecule has 0 saturated heterocycles. The predicted octanol–water partition coefficient (Wildman–Crippen LogP) is 2.43. The molecule has 0 atom stereocenters.